The maximum atomic E-state index is 6.34. The lowest BCUT2D eigenvalue weighted by molar-refractivity contribution is 0.0634. The first-order chi connectivity index (χ1) is 7.77. The van der Waals surface area contributed by atoms with Crippen molar-refractivity contribution < 1.29 is 0 Å². The fourth-order valence-electron chi connectivity index (χ4n) is 3.04. The standard InChI is InChI=1S/C15H32N2/c1-7-11(2)17(6)14-10-12(15(3,4)5)8-9-13(14)16/h11-14H,7-10,16H2,1-6H3. The highest BCUT2D eigenvalue weighted by Gasteiger charge is 2.36. The van der Waals surface area contributed by atoms with E-state index in [4.69, 9.17) is 5.73 Å². The Kier molecular flexibility index (Phi) is 5.03. The fraction of sp³-hybridized carbons (Fsp3) is 1.00. The van der Waals surface area contributed by atoms with Gasteiger partial charge in [-0.2, -0.15) is 0 Å². The zero-order valence-corrected chi connectivity index (χ0v) is 12.7. The molecule has 2 N–H and O–H groups in total. The van der Waals surface area contributed by atoms with Gasteiger partial charge in [0.25, 0.3) is 0 Å². The summed E-state index contributed by atoms with van der Waals surface area (Å²) in [5, 5.41) is 0. The van der Waals surface area contributed by atoms with Crippen molar-refractivity contribution in [1.29, 1.82) is 0 Å². The second-order valence-corrected chi connectivity index (χ2v) is 7.03. The van der Waals surface area contributed by atoms with Crippen molar-refractivity contribution in [2.24, 2.45) is 17.1 Å². The van der Waals surface area contributed by atoms with E-state index in [1.165, 1.54) is 25.7 Å². The summed E-state index contributed by atoms with van der Waals surface area (Å²) in [5.41, 5.74) is 6.76. The van der Waals surface area contributed by atoms with Gasteiger partial charge in [-0.25, -0.2) is 0 Å². The van der Waals surface area contributed by atoms with Gasteiger partial charge in [0.1, 0.15) is 0 Å². The number of likely N-dealkylation sites (N-methyl/N-ethyl adjacent to an activating group) is 1. The molecule has 0 amide bonds. The summed E-state index contributed by atoms with van der Waals surface area (Å²) in [6.07, 6.45) is 4.97. The number of hydrogen-bond donors (Lipinski definition) is 1. The van der Waals surface area contributed by atoms with E-state index >= 15 is 0 Å². The van der Waals surface area contributed by atoms with Crippen LogP contribution in [0.4, 0.5) is 0 Å². The van der Waals surface area contributed by atoms with Gasteiger partial charge in [0.2, 0.25) is 0 Å². The minimum atomic E-state index is 0.368. The maximum absolute atomic E-state index is 6.34. The molecule has 1 rings (SSSR count). The van der Waals surface area contributed by atoms with Crippen molar-refractivity contribution in [3.63, 3.8) is 0 Å². The molecule has 4 unspecified atom stereocenters. The van der Waals surface area contributed by atoms with Gasteiger partial charge >= 0.3 is 0 Å². The number of nitrogens with two attached hydrogens (primary N) is 1. The molecule has 0 spiro atoms. The van der Waals surface area contributed by atoms with Crippen LogP contribution in [-0.2, 0) is 0 Å². The zero-order valence-electron chi connectivity index (χ0n) is 12.7. The molecule has 0 heterocycles. The van der Waals surface area contributed by atoms with Crippen LogP contribution in [0.25, 0.3) is 0 Å². The van der Waals surface area contributed by atoms with Crippen LogP contribution in [0.5, 0.6) is 0 Å². The van der Waals surface area contributed by atoms with Crippen LogP contribution in [0.1, 0.15) is 60.3 Å². The number of nitrogens with zero attached hydrogens (tertiary/aromatic N) is 1. The monoisotopic (exact) mass is 240 g/mol. The normalized spacial score (nSPS) is 32.8. The van der Waals surface area contributed by atoms with Crippen LogP contribution in [0.15, 0.2) is 0 Å². The summed E-state index contributed by atoms with van der Waals surface area (Å²) >= 11 is 0. The smallest absolute Gasteiger partial charge is 0.0249 e. The predicted molar refractivity (Wildman–Crippen MR) is 76.1 cm³/mol. The van der Waals surface area contributed by atoms with E-state index in [1.54, 1.807) is 0 Å². The summed E-state index contributed by atoms with van der Waals surface area (Å²) < 4.78 is 0. The molecule has 0 aliphatic heterocycles. The number of rotatable bonds is 3. The minimum absolute atomic E-state index is 0.368. The van der Waals surface area contributed by atoms with E-state index in [0.717, 1.165) is 5.92 Å². The summed E-state index contributed by atoms with van der Waals surface area (Å²) in [6, 6.07) is 1.58. The van der Waals surface area contributed by atoms with E-state index in [2.05, 4.69) is 46.6 Å². The molecule has 0 saturated heterocycles. The molecule has 1 fully saturated rings. The second kappa shape index (κ2) is 5.71. The number of hydrogen-bond acceptors (Lipinski definition) is 2. The van der Waals surface area contributed by atoms with E-state index in [1.807, 2.05) is 0 Å². The molecule has 2 nitrogen and oxygen atoms in total. The van der Waals surface area contributed by atoms with Crippen LogP contribution in [0, 0.1) is 11.3 Å². The molecular formula is C15H32N2. The highest BCUT2D eigenvalue weighted by atomic mass is 15.2. The molecule has 0 aromatic rings. The molecule has 0 aromatic carbocycles. The van der Waals surface area contributed by atoms with E-state index in [9.17, 15) is 0 Å². The van der Waals surface area contributed by atoms with Gasteiger partial charge in [-0.3, -0.25) is 4.90 Å². The third-order valence-electron chi connectivity index (χ3n) is 4.90. The second-order valence-electron chi connectivity index (χ2n) is 7.03. The van der Waals surface area contributed by atoms with Crippen molar-refractivity contribution in [2.45, 2.75) is 78.4 Å². The Labute approximate surface area is 108 Å². The fourth-order valence-corrected chi connectivity index (χ4v) is 3.04. The first kappa shape index (κ1) is 15.0. The van der Waals surface area contributed by atoms with Crippen LogP contribution in [-0.4, -0.2) is 30.1 Å². The molecule has 0 bridgehead atoms. The minimum Gasteiger partial charge on any atom is -0.326 e. The molecular weight excluding hydrogens is 208 g/mol. The average molecular weight is 240 g/mol. The SMILES string of the molecule is CCC(C)N(C)C1CC(C(C)(C)C)CCC1N. The molecule has 0 aromatic heterocycles. The van der Waals surface area contributed by atoms with Gasteiger partial charge in [-0.1, -0.05) is 27.7 Å². The van der Waals surface area contributed by atoms with E-state index in [0.29, 0.717) is 23.5 Å². The summed E-state index contributed by atoms with van der Waals surface area (Å²) in [6.45, 7) is 11.7. The summed E-state index contributed by atoms with van der Waals surface area (Å²) in [7, 11) is 2.25. The lowest BCUT2D eigenvalue weighted by atomic mass is 9.69. The van der Waals surface area contributed by atoms with Gasteiger partial charge < -0.3 is 5.73 Å². The van der Waals surface area contributed by atoms with Crippen molar-refractivity contribution in [3.05, 3.63) is 0 Å². The molecule has 2 heteroatoms. The third kappa shape index (κ3) is 3.69. The largest absolute Gasteiger partial charge is 0.326 e. The Morgan fingerprint density at radius 2 is 1.88 bits per heavy atom. The molecule has 4 atom stereocenters. The molecule has 1 aliphatic rings. The lowest BCUT2D eigenvalue weighted by Gasteiger charge is -2.45. The van der Waals surface area contributed by atoms with E-state index < -0.39 is 0 Å². The van der Waals surface area contributed by atoms with Gasteiger partial charge in [0.05, 0.1) is 0 Å². The highest BCUT2D eigenvalue weighted by Crippen LogP contribution is 2.39. The molecule has 1 saturated carbocycles. The third-order valence-corrected chi connectivity index (χ3v) is 4.90. The molecule has 102 valence electrons. The van der Waals surface area contributed by atoms with Crippen LogP contribution in [0.2, 0.25) is 0 Å². The van der Waals surface area contributed by atoms with Crippen molar-refractivity contribution in [1.82, 2.24) is 4.90 Å². The molecule has 1 aliphatic carbocycles. The lowest BCUT2D eigenvalue weighted by Crippen LogP contribution is -2.53. The van der Waals surface area contributed by atoms with Gasteiger partial charge in [0, 0.05) is 18.1 Å². The van der Waals surface area contributed by atoms with Crippen LogP contribution >= 0.6 is 0 Å². The van der Waals surface area contributed by atoms with Crippen molar-refractivity contribution >= 4 is 0 Å². The topological polar surface area (TPSA) is 29.3 Å². The first-order valence-electron chi connectivity index (χ1n) is 7.24. The van der Waals surface area contributed by atoms with Gasteiger partial charge in [-0.05, 0) is 51.0 Å². The quantitative estimate of drug-likeness (QED) is 0.820. The van der Waals surface area contributed by atoms with Crippen LogP contribution < -0.4 is 5.73 Å². The van der Waals surface area contributed by atoms with Crippen molar-refractivity contribution in [3.8, 4) is 0 Å². The Bertz CT molecular complexity index is 232. The van der Waals surface area contributed by atoms with Crippen LogP contribution in [0.3, 0.4) is 0 Å². The molecule has 17 heavy (non-hydrogen) atoms. The van der Waals surface area contributed by atoms with Gasteiger partial charge in [0.15, 0.2) is 0 Å². The summed E-state index contributed by atoms with van der Waals surface area (Å²) in [5.74, 6) is 0.818. The zero-order chi connectivity index (χ0) is 13.2. The van der Waals surface area contributed by atoms with Crippen molar-refractivity contribution in [2.75, 3.05) is 7.05 Å². The Morgan fingerprint density at radius 1 is 1.29 bits per heavy atom. The molecule has 0 radical (unpaired) electrons. The highest BCUT2D eigenvalue weighted by molar-refractivity contribution is 4.92. The maximum Gasteiger partial charge on any atom is 0.0249 e. The Hall–Kier alpha value is -0.0800. The van der Waals surface area contributed by atoms with E-state index in [-0.39, 0.29) is 0 Å². The predicted octanol–water partition coefficient (Wildman–Crippen LogP) is 3.26. The average Bonchev–Trinajstić information content (AvgIpc) is 2.26. The first-order valence-corrected chi connectivity index (χ1v) is 7.24. The Morgan fingerprint density at radius 3 is 2.35 bits per heavy atom. The Balaban J connectivity index is 2.70. The summed E-state index contributed by atoms with van der Waals surface area (Å²) in [4.78, 5) is 2.52. The van der Waals surface area contributed by atoms with Gasteiger partial charge in [-0.15, -0.1) is 0 Å².